The van der Waals surface area contributed by atoms with Crippen LogP contribution in [0.5, 0.6) is 0 Å². The number of hydrogen-bond acceptors (Lipinski definition) is 3. The van der Waals surface area contributed by atoms with Crippen LogP contribution in [0.2, 0.25) is 0 Å². The largest absolute Gasteiger partial charge is 0.235 e. The van der Waals surface area contributed by atoms with Crippen molar-refractivity contribution in [1.29, 1.82) is 0 Å². The second-order valence-corrected chi connectivity index (χ2v) is 4.58. The first-order valence-corrected chi connectivity index (χ1v) is 5.85. The molecule has 1 atom stereocenters. The van der Waals surface area contributed by atoms with E-state index in [1.165, 1.54) is 10.4 Å². The van der Waals surface area contributed by atoms with E-state index in [0.29, 0.717) is 0 Å². The molecule has 0 fully saturated rings. The van der Waals surface area contributed by atoms with Crippen LogP contribution in [0, 0.1) is 0 Å². The van der Waals surface area contributed by atoms with Gasteiger partial charge in [-0.3, -0.25) is 0 Å². The second-order valence-electron chi connectivity index (χ2n) is 3.46. The first kappa shape index (κ1) is 10.8. The third-order valence-electron chi connectivity index (χ3n) is 2.34. The highest BCUT2D eigenvalue weighted by molar-refractivity contribution is 7.15. The van der Waals surface area contributed by atoms with Gasteiger partial charge >= 0.3 is 0 Å². The Morgan fingerprint density at radius 1 is 1.19 bits per heavy atom. The number of thiophene rings is 1. The van der Waals surface area contributed by atoms with Crippen molar-refractivity contribution in [1.82, 2.24) is 0 Å². The van der Waals surface area contributed by atoms with E-state index in [4.69, 9.17) is 0 Å². The summed E-state index contributed by atoms with van der Waals surface area (Å²) in [6.45, 7) is 1.89. The van der Waals surface area contributed by atoms with E-state index < -0.39 is 0 Å². The summed E-state index contributed by atoms with van der Waals surface area (Å²) in [4.78, 5) is 16.2. The minimum atomic E-state index is -0.0973. The molecular weight excluding hydrogens is 218 g/mol. The molecule has 0 aliphatic heterocycles. The Balaban J connectivity index is 2.30. The fourth-order valence-corrected chi connectivity index (χ4v) is 2.48. The van der Waals surface area contributed by atoms with Gasteiger partial charge in [0.15, 0.2) is 0 Å². The Labute approximate surface area is 98.3 Å². The number of carbonyl (C=O) groups excluding carboxylic acids is 1. The smallest absolute Gasteiger partial charge is 0.211 e. The number of isocyanates is 1. The predicted octanol–water partition coefficient (Wildman–Crippen LogP) is 3.81. The van der Waals surface area contributed by atoms with Gasteiger partial charge in [-0.2, -0.15) is 4.99 Å². The summed E-state index contributed by atoms with van der Waals surface area (Å²) in [5, 5.41) is 0. The zero-order valence-electron chi connectivity index (χ0n) is 8.88. The first-order valence-electron chi connectivity index (χ1n) is 5.03. The molecule has 1 aromatic carbocycles. The van der Waals surface area contributed by atoms with Crippen molar-refractivity contribution in [2.45, 2.75) is 13.0 Å². The molecule has 1 aromatic heterocycles. The predicted molar refractivity (Wildman–Crippen MR) is 66.3 cm³/mol. The number of benzene rings is 1. The van der Waals surface area contributed by atoms with Crippen LogP contribution < -0.4 is 0 Å². The Morgan fingerprint density at radius 3 is 2.62 bits per heavy atom. The molecule has 0 saturated carbocycles. The van der Waals surface area contributed by atoms with Gasteiger partial charge in [0, 0.05) is 9.75 Å². The molecule has 2 rings (SSSR count). The topological polar surface area (TPSA) is 29.4 Å². The molecule has 0 radical (unpaired) electrons. The van der Waals surface area contributed by atoms with Gasteiger partial charge in [0.2, 0.25) is 6.08 Å². The van der Waals surface area contributed by atoms with Gasteiger partial charge in [-0.15, -0.1) is 11.3 Å². The summed E-state index contributed by atoms with van der Waals surface area (Å²) in [7, 11) is 0. The maximum Gasteiger partial charge on any atom is 0.235 e. The Kier molecular flexibility index (Phi) is 3.30. The molecule has 1 heterocycles. The molecule has 16 heavy (non-hydrogen) atoms. The lowest BCUT2D eigenvalue weighted by molar-refractivity contribution is 0.560. The van der Waals surface area contributed by atoms with Gasteiger partial charge in [-0.25, -0.2) is 4.79 Å². The standard InChI is InChI=1S/C13H11NOS/c1-10(14-9-15)12-7-8-13(16-12)11-5-3-2-4-6-11/h2-8,10H,1H3. The highest BCUT2D eigenvalue weighted by Gasteiger charge is 2.07. The molecule has 0 saturated heterocycles. The average molecular weight is 229 g/mol. The summed E-state index contributed by atoms with van der Waals surface area (Å²) < 4.78 is 0. The van der Waals surface area contributed by atoms with Gasteiger partial charge in [0.25, 0.3) is 0 Å². The lowest BCUT2D eigenvalue weighted by atomic mass is 10.2. The van der Waals surface area contributed by atoms with Crippen LogP contribution in [-0.2, 0) is 4.79 Å². The van der Waals surface area contributed by atoms with Crippen LogP contribution >= 0.6 is 11.3 Å². The Morgan fingerprint density at radius 2 is 1.94 bits per heavy atom. The van der Waals surface area contributed by atoms with E-state index >= 15 is 0 Å². The summed E-state index contributed by atoms with van der Waals surface area (Å²) in [5.41, 5.74) is 1.20. The third kappa shape index (κ3) is 2.27. The molecule has 1 unspecified atom stereocenters. The summed E-state index contributed by atoms with van der Waals surface area (Å²) in [6, 6.07) is 14.2. The van der Waals surface area contributed by atoms with Gasteiger partial charge in [-0.05, 0) is 24.6 Å². The summed E-state index contributed by atoms with van der Waals surface area (Å²) in [5.74, 6) is 0. The van der Waals surface area contributed by atoms with E-state index in [9.17, 15) is 4.79 Å². The number of aliphatic imine (C=N–C) groups is 1. The highest BCUT2D eigenvalue weighted by atomic mass is 32.1. The van der Waals surface area contributed by atoms with Crippen molar-refractivity contribution in [3.63, 3.8) is 0 Å². The zero-order valence-corrected chi connectivity index (χ0v) is 9.70. The van der Waals surface area contributed by atoms with Crippen LogP contribution in [0.25, 0.3) is 10.4 Å². The van der Waals surface area contributed by atoms with E-state index in [0.717, 1.165) is 4.88 Å². The molecular formula is C13H11NOS. The van der Waals surface area contributed by atoms with Crippen LogP contribution in [0.3, 0.4) is 0 Å². The van der Waals surface area contributed by atoms with Crippen LogP contribution in [0.4, 0.5) is 0 Å². The van der Waals surface area contributed by atoms with E-state index in [1.807, 2.05) is 31.2 Å². The Hall–Kier alpha value is -1.70. The van der Waals surface area contributed by atoms with E-state index in [-0.39, 0.29) is 6.04 Å². The fourth-order valence-electron chi connectivity index (χ4n) is 1.48. The van der Waals surface area contributed by atoms with Gasteiger partial charge < -0.3 is 0 Å². The number of rotatable bonds is 3. The molecule has 0 spiro atoms. The van der Waals surface area contributed by atoms with Crippen molar-refractivity contribution in [3.05, 3.63) is 47.3 Å². The minimum absolute atomic E-state index is 0.0973. The normalized spacial score (nSPS) is 11.8. The lowest BCUT2D eigenvalue weighted by Gasteiger charge is -1.98. The zero-order chi connectivity index (χ0) is 11.4. The van der Waals surface area contributed by atoms with Crippen LogP contribution in [0.15, 0.2) is 47.5 Å². The lowest BCUT2D eigenvalue weighted by Crippen LogP contribution is -1.81. The van der Waals surface area contributed by atoms with Crippen molar-refractivity contribution in [2.75, 3.05) is 0 Å². The summed E-state index contributed by atoms with van der Waals surface area (Å²) in [6.07, 6.45) is 1.60. The quantitative estimate of drug-likeness (QED) is 0.581. The molecule has 0 N–H and O–H groups in total. The van der Waals surface area contributed by atoms with Gasteiger partial charge in [0.05, 0.1) is 6.04 Å². The average Bonchev–Trinajstić information content (AvgIpc) is 2.80. The monoisotopic (exact) mass is 229 g/mol. The molecule has 0 amide bonds. The van der Waals surface area contributed by atoms with Crippen molar-refractivity contribution in [2.24, 2.45) is 4.99 Å². The van der Waals surface area contributed by atoms with Gasteiger partial charge in [-0.1, -0.05) is 30.3 Å². The second kappa shape index (κ2) is 4.88. The van der Waals surface area contributed by atoms with Crippen LogP contribution in [0.1, 0.15) is 17.8 Å². The number of hydrogen-bond donors (Lipinski definition) is 0. The Bertz CT molecular complexity index is 512. The van der Waals surface area contributed by atoms with E-state index in [1.54, 1.807) is 17.4 Å². The fraction of sp³-hybridized carbons (Fsp3) is 0.154. The molecule has 2 aromatic rings. The van der Waals surface area contributed by atoms with E-state index in [2.05, 4.69) is 23.2 Å². The molecule has 2 nitrogen and oxygen atoms in total. The maximum atomic E-state index is 10.2. The number of nitrogens with zero attached hydrogens (tertiary/aromatic N) is 1. The van der Waals surface area contributed by atoms with Crippen molar-refractivity contribution >= 4 is 17.4 Å². The first-order chi connectivity index (χ1) is 7.81. The molecule has 3 heteroatoms. The van der Waals surface area contributed by atoms with Crippen LogP contribution in [-0.4, -0.2) is 6.08 Å². The highest BCUT2D eigenvalue weighted by Crippen LogP contribution is 2.32. The molecule has 0 aliphatic carbocycles. The minimum Gasteiger partial charge on any atom is -0.211 e. The molecule has 0 aliphatic rings. The third-order valence-corrected chi connectivity index (χ3v) is 3.65. The summed E-state index contributed by atoms with van der Waals surface area (Å²) >= 11 is 1.66. The van der Waals surface area contributed by atoms with Crippen molar-refractivity contribution in [3.8, 4) is 10.4 Å². The maximum absolute atomic E-state index is 10.2. The van der Waals surface area contributed by atoms with Crippen molar-refractivity contribution < 1.29 is 4.79 Å². The molecule has 0 bridgehead atoms. The molecule has 80 valence electrons. The SMILES string of the molecule is CC(N=C=O)c1ccc(-c2ccccc2)s1. The van der Waals surface area contributed by atoms with Gasteiger partial charge in [0.1, 0.15) is 0 Å².